The fourth-order valence-corrected chi connectivity index (χ4v) is 11.6. The number of halogens is 4. The van der Waals surface area contributed by atoms with E-state index in [1.165, 1.54) is 59.7 Å². The normalized spacial score (nSPS) is 17.3. The molecule has 318 valence electrons. The van der Waals surface area contributed by atoms with Gasteiger partial charge in [0.05, 0.1) is 0 Å². The van der Waals surface area contributed by atoms with Gasteiger partial charge in [-0.1, -0.05) is 102 Å². The van der Waals surface area contributed by atoms with E-state index in [1.54, 1.807) is 48.5 Å². The monoisotopic (exact) mass is 848 g/mol. The van der Waals surface area contributed by atoms with Gasteiger partial charge in [0.1, 0.15) is 23.3 Å². The maximum absolute atomic E-state index is 14.5. The second-order valence-electron chi connectivity index (χ2n) is 19.1. The van der Waals surface area contributed by atoms with Gasteiger partial charge in [0, 0.05) is 45.0 Å². The number of benzene rings is 8. The number of hydrogen-bond donors (Lipinski definition) is 0. The van der Waals surface area contributed by atoms with Crippen molar-refractivity contribution >= 4 is 34.1 Å². The lowest BCUT2D eigenvalue weighted by molar-refractivity contribution is 0.0594. The summed E-state index contributed by atoms with van der Waals surface area (Å²) in [5.41, 5.74) is 11.4. The first kappa shape index (κ1) is 41.1. The highest BCUT2D eigenvalue weighted by atomic mass is 19.1. The van der Waals surface area contributed by atoms with E-state index < -0.39 is 21.7 Å². The standard InChI is InChI=1S/C58H48F4N2/c1-55(2,3)57(51-13-9-7-11-47(51)49-33-31-45(35-53(49)57)63(41-23-15-37(59)16-24-41)42-25-17-38(60)18-26-42)58(56(4,5)6)52-14-10-8-12-48(52)50-34-32-46(36-54(50)58)64(43-27-19-39(61)20-28-43)44-29-21-40(62)22-30-44/h7-36H,1-6H3. The summed E-state index contributed by atoms with van der Waals surface area (Å²) < 4.78 is 58.2. The molecule has 0 bridgehead atoms. The van der Waals surface area contributed by atoms with Crippen LogP contribution in [0.4, 0.5) is 51.7 Å². The SMILES string of the molecule is CC(C)(C)C1(C2(C(C)(C)C)c3ccccc3-c3ccc(N(c4ccc(F)cc4)c4ccc(F)cc4)cc32)c2ccccc2-c2ccc(N(c3ccc(F)cc3)c3ccc(F)cc3)cc21. The Labute approximate surface area is 373 Å². The molecular weight excluding hydrogens is 801 g/mol. The summed E-state index contributed by atoms with van der Waals surface area (Å²) in [6.07, 6.45) is 0. The molecule has 10 rings (SSSR count). The summed E-state index contributed by atoms with van der Waals surface area (Å²) in [6, 6.07) is 56.6. The van der Waals surface area contributed by atoms with Crippen LogP contribution in [0.3, 0.4) is 0 Å². The van der Waals surface area contributed by atoms with Crippen molar-refractivity contribution in [1.29, 1.82) is 0 Å². The summed E-state index contributed by atoms with van der Waals surface area (Å²) in [6.45, 7) is 14.1. The van der Waals surface area contributed by atoms with Crippen molar-refractivity contribution in [2.75, 3.05) is 9.80 Å². The molecule has 2 aliphatic rings. The average Bonchev–Trinajstić information content (AvgIpc) is 3.75. The van der Waals surface area contributed by atoms with E-state index in [0.29, 0.717) is 0 Å². The topological polar surface area (TPSA) is 6.48 Å². The molecule has 8 aromatic rings. The molecule has 0 heterocycles. The quantitative estimate of drug-likeness (QED) is 0.147. The molecule has 2 atom stereocenters. The van der Waals surface area contributed by atoms with Crippen LogP contribution in [0.15, 0.2) is 182 Å². The van der Waals surface area contributed by atoms with Gasteiger partial charge in [0.25, 0.3) is 0 Å². The first-order valence-electron chi connectivity index (χ1n) is 21.8. The lowest BCUT2D eigenvalue weighted by Gasteiger charge is -2.62. The van der Waals surface area contributed by atoms with Crippen LogP contribution < -0.4 is 9.80 Å². The summed E-state index contributed by atoms with van der Waals surface area (Å²) >= 11 is 0. The molecule has 2 nitrogen and oxygen atoms in total. The predicted octanol–water partition coefficient (Wildman–Crippen LogP) is 16.5. The van der Waals surface area contributed by atoms with Crippen molar-refractivity contribution in [3.8, 4) is 22.3 Å². The van der Waals surface area contributed by atoms with Gasteiger partial charge in [-0.25, -0.2) is 17.6 Å². The Bertz CT molecular complexity index is 2750. The number of fused-ring (bicyclic) bond motifs is 6. The average molecular weight is 849 g/mol. The number of nitrogens with zero attached hydrogens (tertiary/aromatic N) is 2. The molecule has 0 aliphatic heterocycles. The van der Waals surface area contributed by atoms with Crippen LogP contribution in [-0.2, 0) is 10.8 Å². The number of hydrogen-bond acceptors (Lipinski definition) is 2. The smallest absolute Gasteiger partial charge is 0.123 e. The first-order chi connectivity index (χ1) is 30.6. The minimum Gasteiger partial charge on any atom is -0.310 e. The van der Waals surface area contributed by atoms with Gasteiger partial charge in [-0.3, -0.25) is 0 Å². The maximum Gasteiger partial charge on any atom is 0.123 e. The molecule has 0 N–H and O–H groups in total. The molecule has 0 amide bonds. The predicted molar refractivity (Wildman–Crippen MR) is 253 cm³/mol. The summed E-state index contributed by atoms with van der Waals surface area (Å²) in [7, 11) is 0. The van der Waals surface area contributed by atoms with Gasteiger partial charge < -0.3 is 9.80 Å². The van der Waals surface area contributed by atoms with E-state index >= 15 is 0 Å². The van der Waals surface area contributed by atoms with E-state index in [1.807, 2.05) is 0 Å². The molecule has 0 fully saturated rings. The molecule has 64 heavy (non-hydrogen) atoms. The lowest BCUT2D eigenvalue weighted by atomic mass is 9.39. The molecule has 0 aromatic heterocycles. The van der Waals surface area contributed by atoms with Gasteiger partial charge in [0.2, 0.25) is 0 Å². The van der Waals surface area contributed by atoms with Crippen LogP contribution in [0, 0.1) is 34.1 Å². The molecule has 0 radical (unpaired) electrons. The number of anilines is 6. The Morgan fingerprint density at radius 2 is 0.547 bits per heavy atom. The Kier molecular flexibility index (Phi) is 9.53. The molecule has 0 saturated carbocycles. The molecule has 2 aliphatic carbocycles. The van der Waals surface area contributed by atoms with E-state index in [4.69, 9.17) is 0 Å². The minimum absolute atomic E-state index is 0.346. The molecular formula is C58H48F4N2. The van der Waals surface area contributed by atoms with Crippen molar-refractivity contribution in [1.82, 2.24) is 0 Å². The third-order valence-corrected chi connectivity index (χ3v) is 13.7. The fraction of sp³-hybridized carbons (Fsp3) is 0.172. The second kappa shape index (κ2) is 14.8. The Hall–Kier alpha value is -6.92. The zero-order chi connectivity index (χ0) is 44.8. The van der Waals surface area contributed by atoms with E-state index in [9.17, 15) is 17.6 Å². The second-order valence-corrected chi connectivity index (χ2v) is 19.1. The summed E-state index contributed by atoms with van der Waals surface area (Å²) in [4.78, 5) is 4.13. The maximum atomic E-state index is 14.5. The molecule has 2 unspecified atom stereocenters. The van der Waals surface area contributed by atoms with Crippen LogP contribution in [0.5, 0.6) is 0 Å². The van der Waals surface area contributed by atoms with E-state index in [-0.39, 0.29) is 23.3 Å². The zero-order valence-corrected chi connectivity index (χ0v) is 36.7. The Balaban J connectivity index is 1.32. The molecule has 8 aromatic carbocycles. The van der Waals surface area contributed by atoms with Crippen molar-refractivity contribution in [3.05, 3.63) is 228 Å². The third-order valence-electron chi connectivity index (χ3n) is 13.7. The molecule has 6 heteroatoms. The highest BCUT2D eigenvalue weighted by molar-refractivity contribution is 5.93. The Morgan fingerprint density at radius 3 is 0.828 bits per heavy atom. The Morgan fingerprint density at radius 1 is 0.297 bits per heavy atom. The van der Waals surface area contributed by atoms with Crippen LogP contribution in [0.1, 0.15) is 63.8 Å². The highest BCUT2D eigenvalue weighted by Gasteiger charge is 2.70. The van der Waals surface area contributed by atoms with Crippen LogP contribution in [0.2, 0.25) is 0 Å². The van der Waals surface area contributed by atoms with Gasteiger partial charge in [-0.2, -0.15) is 0 Å². The first-order valence-corrected chi connectivity index (χ1v) is 21.8. The van der Waals surface area contributed by atoms with Gasteiger partial charge in [-0.15, -0.1) is 0 Å². The van der Waals surface area contributed by atoms with Gasteiger partial charge in [-0.05, 0) is 177 Å². The molecule has 0 saturated heterocycles. The van der Waals surface area contributed by atoms with Crippen molar-refractivity contribution in [2.24, 2.45) is 10.8 Å². The van der Waals surface area contributed by atoms with Gasteiger partial charge in [0.15, 0.2) is 0 Å². The van der Waals surface area contributed by atoms with Crippen molar-refractivity contribution in [2.45, 2.75) is 52.4 Å². The van der Waals surface area contributed by atoms with Gasteiger partial charge >= 0.3 is 0 Å². The highest BCUT2D eigenvalue weighted by Crippen LogP contribution is 2.75. The van der Waals surface area contributed by atoms with E-state index in [2.05, 4.69) is 136 Å². The van der Waals surface area contributed by atoms with Crippen LogP contribution in [0.25, 0.3) is 22.3 Å². The largest absolute Gasteiger partial charge is 0.310 e. The lowest BCUT2D eigenvalue weighted by Crippen LogP contribution is -2.62. The summed E-state index contributed by atoms with van der Waals surface area (Å²) in [5.74, 6) is -1.38. The fourth-order valence-electron chi connectivity index (χ4n) is 11.6. The zero-order valence-electron chi connectivity index (χ0n) is 36.7. The molecule has 0 spiro atoms. The van der Waals surface area contributed by atoms with Crippen molar-refractivity contribution < 1.29 is 17.6 Å². The summed E-state index contributed by atoms with van der Waals surface area (Å²) in [5, 5.41) is 0. The number of rotatable bonds is 7. The van der Waals surface area contributed by atoms with Crippen LogP contribution in [-0.4, -0.2) is 0 Å². The minimum atomic E-state index is -0.770. The van der Waals surface area contributed by atoms with Crippen molar-refractivity contribution in [3.63, 3.8) is 0 Å². The van der Waals surface area contributed by atoms with E-state index in [0.717, 1.165) is 67.5 Å². The third kappa shape index (κ3) is 5.98. The van der Waals surface area contributed by atoms with Crippen LogP contribution >= 0.6 is 0 Å².